The summed E-state index contributed by atoms with van der Waals surface area (Å²) in [4.78, 5) is 5.41. The van der Waals surface area contributed by atoms with Crippen molar-refractivity contribution in [1.82, 2.24) is 9.38 Å². The van der Waals surface area contributed by atoms with Gasteiger partial charge in [0.1, 0.15) is 5.65 Å². The fraction of sp³-hybridized carbons (Fsp3) is 0.100. The molecule has 0 N–H and O–H groups in total. The molecule has 0 atom stereocenters. The number of hydrogen-bond donors (Lipinski definition) is 0. The molecule has 2 nitrogen and oxygen atoms in total. The van der Waals surface area contributed by atoms with Crippen molar-refractivity contribution in [3.63, 3.8) is 0 Å². The van der Waals surface area contributed by atoms with Crippen molar-refractivity contribution >= 4 is 17.4 Å². The average molecular weight is 190 g/mol. The molecule has 2 heterocycles. The number of rotatable bonds is 3. The van der Waals surface area contributed by atoms with Gasteiger partial charge in [-0.15, -0.1) is 18.3 Å². The molecule has 0 aliphatic carbocycles. The Hall–Kier alpha value is -1.22. The van der Waals surface area contributed by atoms with E-state index in [1.54, 1.807) is 18.0 Å². The quantitative estimate of drug-likeness (QED) is 0.546. The van der Waals surface area contributed by atoms with E-state index in [0.29, 0.717) is 0 Å². The van der Waals surface area contributed by atoms with E-state index >= 15 is 0 Å². The predicted octanol–water partition coefficient (Wildman–Crippen LogP) is 2.61. The summed E-state index contributed by atoms with van der Waals surface area (Å²) >= 11 is 1.77. The fourth-order valence-electron chi connectivity index (χ4n) is 1.14. The summed E-state index contributed by atoms with van der Waals surface area (Å²) in [6, 6.07) is 4.10. The van der Waals surface area contributed by atoms with Gasteiger partial charge in [0.05, 0.1) is 0 Å². The van der Waals surface area contributed by atoms with Crippen molar-refractivity contribution in [2.75, 3.05) is 5.75 Å². The van der Waals surface area contributed by atoms with Gasteiger partial charge in [0.2, 0.25) is 0 Å². The highest BCUT2D eigenvalue weighted by Crippen LogP contribution is 2.17. The van der Waals surface area contributed by atoms with Crippen LogP contribution in [0, 0.1) is 0 Å². The molecular weight excluding hydrogens is 180 g/mol. The minimum atomic E-state index is 0.945. The molecular formula is C10H10N2S. The lowest BCUT2D eigenvalue weighted by Gasteiger charge is -1.99. The molecule has 66 valence electrons. The second kappa shape index (κ2) is 3.66. The maximum atomic E-state index is 4.17. The zero-order chi connectivity index (χ0) is 9.10. The normalized spacial score (nSPS) is 10.5. The SMILES string of the molecule is C=CCSc1ccc2nccn2c1. The Morgan fingerprint density at radius 1 is 1.54 bits per heavy atom. The van der Waals surface area contributed by atoms with Gasteiger partial charge < -0.3 is 4.40 Å². The minimum Gasteiger partial charge on any atom is -0.306 e. The molecule has 0 radical (unpaired) electrons. The Bertz CT molecular complexity index is 420. The summed E-state index contributed by atoms with van der Waals surface area (Å²) in [5.41, 5.74) is 0.989. The van der Waals surface area contributed by atoms with Crippen molar-refractivity contribution < 1.29 is 0 Å². The van der Waals surface area contributed by atoms with Crippen LogP contribution in [0.1, 0.15) is 0 Å². The summed E-state index contributed by atoms with van der Waals surface area (Å²) < 4.78 is 2.02. The summed E-state index contributed by atoms with van der Waals surface area (Å²) in [6.45, 7) is 3.69. The van der Waals surface area contributed by atoms with Gasteiger partial charge in [-0.1, -0.05) is 6.08 Å². The van der Waals surface area contributed by atoms with Crippen molar-refractivity contribution in [1.29, 1.82) is 0 Å². The topological polar surface area (TPSA) is 17.3 Å². The molecule has 3 heteroatoms. The van der Waals surface area contributed by atoms with Gasteiger partial charge in [-0.2, -0.15) is 0 Å². The van der Waals surface area contributed by atoms with Crippen molar-refractivity contribution in [2.24, 2.45) is 0 Å². The summed E-state index contributed by atoms with van der Waals surface area (Å²) in [5.74, 6) is 0.945. The van der Waals surface area contributed by atoms with Gasteiger partial charge in [0.15, 0.2) is 0 Å². The lowest BCUT2D eigenvalue weighted by molar-refractivity contribution is 1.13. The Morgan fingerprint density at radius 3 is 3.31 bits per heavy atom. The molecule has 0 aliphatic rings. The number of pyridine rings is 1. The van der Waals surface area contributed by atoms with Crippen LogP contribution in [0.5, 0.6) is 0 Å². The third-order valence-electron chi connectivity index (χ3n) is 1.73. The van der Waals surface area contributed by atoms with Crippen LogP contribution in [-0.4, -0.2) is 15.1 Å². The molecule has 0 aliphatic heterocycles. The minimum absolute atomic E-state index is 0.945. The molecule has 0 bridgehead atoms. The first-order valence-electron chi connectivity index (χ1n) is 4.06. The van der Waals surface area contributed by atoms with Crippen LogP contribution >= 0.6 is 11.8 Å². The van der Waals surface area contributed by atoms with E-state index in [4.69, 9.17) is 0 Å². The Balaban J connectivity index is 2.31. The first-order chi connectivity index (χ1) is 6.40. The molecule has 0 saturated carbocycles. The third kappa shape index (κ3) is 1.75. The molecule has 2 aromatic heterocycles. The molecule has 0 fully saturated rings. The molecule has 0 unspecified atom stereocenters. The number of imidazole rings is 1. The molecule has 0 spiro atoms. The molecule has 0 amide bonds. The molecule has 0 saturated heterocycles. The second-order valence-electron chi connectivity index (χ2n) is 2.66. The first kappa shape index (κ1) is 8.38. The van der Waals surface area contributed by atoms with E-state index in [2.05, 4.69) is 23.8 Å². The highest BCUT2D eigenvalue weighted by atomic mass is 32.2. The molecule has 13 heavy (non-hydrogen) atoms. The van der Waals surface area contributed by atoms with Gasteiger partial charge in [-0.25, -0.2) is 4.98 Å². The maximum Gasteiger partial charge on any atom is 0.136 e. The zero-order valence-electron chi connectivity index (χ0n) is 7.18. The van der Waals surface area contributed by atoms with Gasteiger partial charge in [0.25, 0.3) is 0 Å². The maximum absolute atomic E-state index is 4.17. The number of aromatic nitrogens is 2. The van der Waals surface area contributed by atoms with Crippen LogP contribution < -0.4 is 0 Å². The van der Waals surface area contributed by atoms with Crippen molar-refractivity contribution in [3.8, 4) is 0 Å². The largest absolute Gasteiger partial charge is 0.306 e. The van der Waals surface area contributed by atoms with Gasteiger partial charge in [-0.05, 0) is 12.1 Å². The first-order valence-corrected chi connectivity index (χ1v) is 5.05. The number of nitrogens with zero attached hydrogens (tertiary/aromatic N) is 2. The summed E-state index contributed by atoms with van der Waals surface area (Å²) in [6.07, 6.45) is 7.74. The number of thioether (sulfide) groups is 1. The van der Waals surface area contributed by atoms with Crippen LogP contribution in [0.2, 0.25) is 0 Å². The Labute approximate surface area is 81.3 Å². The van der Waals surface area contributed by atoms with Crippen LogP contribution in [0.15, 0.2) is 48.3 Å². The van der Waals surface area contributed by atoms with E-state index in [-0.39, 0.29) is 0 Å². The molecule has 2 aromatic rings. The van der Waals surface area contributed by atoms with Crippen LogP contribution in [-0.2, 0) is 0 Å². The van der Waals surface area contributed by atoms with Crippen molar-refractivity contribution in [2.45, 2.75) is 4.90 Å². The second-order valence-corrected chi connectivity index (χ2v) is 3.75. The van der Waals surface area contributed by atoms with Crippen LogP contribution in [0.3, 0.4) is 0 Å². The number of fused-ring (bicyclic) bond motifs is 1. The smallest absolute Gasteiger partial charge is 0.136 e. The van der Waals surface area contributed by atoms with Gasteiger partial charge in [0, 0.05) is 29.2 Å². The highest BCUT2D eigenvalue weighted by molar-refractivity contribution is 7.99. The summed E-state index contributed by atoms with van der Waals surface area (Å²) in [7, 11) is 0. The Morgan fingerprint density at radius 2 is 2.46 bits per heavy atom. The predicted molar refractivity (Wildman–Crippen MR) is 56.1 cm³/mol. The summed E-state index contributed by atoms with van der Waals surface area (Å²) in [5, 5.41) is 0. The monoisotopic (exact) mass is 190 g/mol. The van der Waals surface area contributed by atoms with E-state index in [0.717, 1.165) is 11.4 Å². The molecule has 0 aromatic carbocycles. The van der Waals surface area contributed by atoms with Crippen LogP contribution in [0.4, 0.5) is 0 Å². The van der Waals surface area contributed by atoms with Gasteiger partial charge >= 0.3 is 0 Å². The highest BCUT2D eigenvalue weighted by Gasteiger charge is 1.95. The van der Waals surface area contributed by atoms with E-state index < -0.39 is 0 Å². The van der Waals surface area contributed by atoms with Crippen molar-refractivity contribution in [3.05, 3.63) is 43.4 Å². The zero-order valence-corrected chi connectivity index (χ0v) is 8.00. The van der Waals surface area contributed by atoms with Gasteiger partial charge in [-0.3, -0.25) is 0 Å². The van der Waals surface area contributed by atoms with Crippen LogP contribution in [0.25, 0.3) is 5.65 Å². The molecule has 2 rings (SSSR count). The third-order valence-corrected chi connectivity index (χ3v) is 2.71. The Kier molecular flexibility index (Phi) is 2.36. The van der Waals surface area contributed by atoms with E-state index in [1.165, 1.54) is 4.90 Å². The standard InChI is InChI=1S/C10H10N2S/c1-2-7-13-9-3-4-10-11-5-6-12(10)8-9/h2-6,8H,1,7H2. The van der Waals surface area contributed by atoms with E-state index in [1.807, 2.05) is 22.7 Å². The number of hydrogen-bond acceptors (Lipinski definition) is 2. The average Bonchev–Trinajstić information content (AvgIpc) is 2.61. The lowest BCUT2D eigenvalue weighted by atomic mass is 10.5. The fourth-order valence-corrected chi connectivity index (χ4v) is 1.80. The lowest BCUT2D eigenvalue weighted by Crippen LogP contribution is -1.83. The van der Waals surface area contributed by atoms with E-state index in [9.17, 15) is 0 Å².